The zero-order chi connectivity index (χ0) is 35.3. The zero-order valence-electron chi connectivity index (χ0n) is 29.2. The van der Waals surface area contributed by atoms with Crippen molar-refractivity contribution in [1.29, 1.82) is 0 Å². The number of esters is 1. The van der Waals surface area contributed by atoms with Crippen LogP contribution in [0.2, 0.25) is 0 Å². The first-order chi connectivity index (χ1) is 23.3. The van der Waals surface area contributed by atoms with E-state index < -0.39 is 53.7 Å². The van der Waals surface area contributed by atoms with Gasteiger partial charge in [0.2, 0.25) is 11.8 Å². The van der Waals surface area contributed by atoms with Gasteiger partial charge < -0.3 is 29.8 Å². The second-order valence-electron chi connectivity index (χ2n) is 14.5. The van der Waals surface area contributed by atoms with Crippen LogP contribution < -0.4 is 10.6 Å². The van der Waals surface area contributed by atoms with Gasteiger partial charge in [-0.05, 0) is 76.0 Å². The summed E-state index contributed by atoms with van der Waals surface area (Å²) in [6.07, 6.45) is 4.86. The van der Waals surface area contributed by atoms with E-state index >= 15 is 0 Å². The molecule has 1 saturated heterocycles. The predicted octanol–water partition coefficient (Wildman–Crippen LogP) is 4.69. The number of rotatable bonds is 10. The molecule has 0 radical (unpaired) electrons. The van der Waals surface area contributed by atoms with Crippen LogP contribution in [0.15, 0.2) is 60.8 Å². The number of amides is 3. The maximum absolute atomic E-state index is 14.0. The topological polar surface area (TPSA) is 139 Å². The molecule has 3 N–H and O–H groups in total. The molecule has 2 aliphatic rings. The predicted molar refractivity (Wildman–Crippen MR) is 186 cm³/mol. The molecule has 5 rings (SSSR count). The third kappa shape index (κ3) is 8.81. The van der Waals surface area contributed by atoms with Crippen molar-refractivity contribution in [3.8, 4) is 0 Å². The number of aliphatic hydroxyl groups excluding tert-OH is 1. The number of carbonyl (C=O) groups is 4. The Balaban J connectivity index is 1.38. The molecule has 0 unspecified atom stereocenters. The third-order valence-electron chi connectivity index (χ3n) is 9.55. The summed E-state index contributed by atoms with van der Waals surface area (Å²) in [7, 11) is 1.28. The number of fused-ring (bicyclic) bond motifs is 1. The van der Waals surface area contributed by atoms with Gasteiger partial charge in [-0.3, -0.25) is 14.5 Å². The number of ether oxygens (including phenoxy) is 2. The number of nitrogens with one attached hydrogen (secondary N) is 2. The summed E-state index contributed by atoms with van der Waals surface area (Å²) >= 11 is 0. The second kappa shape index (κ2) is 15.4. The number of benzene rings is 2. The van der Waals surface area contributed by atoms with Gasteiger partial charge in [-0.2, -0.15) is 0 Å². The Hall–Kier alpha value is -4.38. The van der Waals surface area contributed by atoms with Gasteiger partial charge in [0.25, 0.3) is 0 Å². The summed E-state index contributed by atoms with van der Waals surface area (Å²) in [6, 6.07) is 14.2. The van der Waals surface area contributed by atoms with Gasteiger partial charge in [0.15, 0.2) is 0 Å². The van der Waals surface area contributed by atoms with E-state index in [-0.39, 0.29) is 18.9 Å². The summed E-state index contributed by atoms with van der Waals surface area (Å²) in [5, 5.41) is 17.7. The molecule has 2 heterocycles. The first-order valence-electron chi connectivity index (χ1n) is 17.3. The van der Waals surface area contributed by atoms with Crippen LogP contribution in [0.5, 0.6) is 0 Å². The SMILES string of the molecule is COC(=O)[C@H](Cc1cn([C@@H]2CC[C@@H](C)C[C@H]2O)c2ccccc12)NC(=O)[C@H](Cc1ccccc1)NC(=O)[C@@H]1CCCN1C(=O)OC(C)(C)C. The Kier molecular flexibility index (Phi) is 11.3. The van der Waals surface area contributed by atoms with E-state index in [9.17, 15) is 24.3 Å². The van der Waals surface area contributed by atoms with Gasteiger partial charge in [-0.1, -0.05) is 55.5 Å². The molecular weight excluding hydrogens is 624 g/mol. The Bertz CT molecular complexity index is 1630. The van der Waals surface area contributed by atoms with E-state index in [2.05, 4.69) is 22.1 Å². The molecule has 2 fully saturated rings. The monoisotopic (exact) mass is 674 g/mol. The molecule has 11 heteroatoms. The number of hydrogen-bond acceptors (Lipinski definition) is 7. The molecule has 1 aromatic heterocycles. The van der Waals surface area contributed by atoms with E-state index in [1.54, 1.807) is 20.8 Å². The van der Waals surface area contributed by atoms with Gasteiger partial charge in [0.1, 0.15) is 23.7 Å². The van der Waals surface area contributed by atoms with Crippen LogP contribution >= 0.6 is 0 Å². The van der Waals surface area contributed by atoms with Crippen molar-refractivity contribution >= 4 is 34.8 Å². The molecule has 49 heavy (non-hydrogen) atoms. The van der Waals surface area contributed by atoms with Gasteiger partial charge >= 0.3 is 12.1 Å². The Labute approximate surface area is 288 Å². The number of hydrogen-bond donors (Lipinski definition) is 3. The number of aliphatic hydroxyl groups is 1. The van der Waals surface area contributed by atoms with Gasteiger partial charge in [-0.25, -0.2) is 9.59 Å². The van der Waals surface area contributed by atoms with Crippen molar-refractivity contribution < 1.29 is 33.8 Å². The standard InChI is InChI=1S/C38H50N4O7/c1-24-17-18-31(33(43)20-24)42-23-26(27-14-9-10-15-30(27)42)22-29(36(46)48-5)40-34(44)28(21-25-12-7-6-8-13-25)39-35(45)32-16-11-19-41(32)37(47)49-38(2,3)4/h6-10,12-15,23-24,28-29,31-33,43H,11,16-22H2,1-5H3,(H,39,45)(H,40,44)/t24-,28+,29+,31-,32+,33-/m1/s1. The first kappa shape index (κ1) is 35.9. The number of methoxy groups -OCH3 is 1. The number of para-hydroxylation sites is 1. The average molecular weight is 675 g/mol. The van der Waals surface area contributed by atoms with E-state index in [4.69, 9.17) is 9.47 Å². The van der Waals surface area contributed by atoms with E-state index in [0.717, 1.165) is 41.3 Å². The molecule has 1 aliphatic carbocycles. The molecule has 11 nitrogen and oxygen atoms in total. The minimum atomic E-state index is -1.05. The van der Waals surface area contributed by atoms with Crippen LogP contribution in [-0.4, -0.2) is 81.9 Å². The molecule has 0 bridgehead atoms. The third-order valence-corrected chi connectivity index (χ3v) is 9.55. The highest BCUT2D eigenvalue weighted by atomic mass is 16.6. The van der Waals surface area contributed by atoms with Crippen molar-refractivity contribution in [3.05, 3.63) is 71.9 Å². The molecule has 2 aromatic carbocycles. The van der Waals surface area contributed by atoms with Crippen LogP contribution in [0.4, 0.5) is 4.79 Å². The Morgan fingerprint density at radius 3 is 2.35 bits per heavy atom. The molecule has 0 spiro atoms. The molecule has 264 valence electrons. The number of nitrogens with zero attached hydrogens (tertiary/aromatic N) is 2. The van der Waals surface area contributed by atoms with Crippen molar-refractivity contribution in [2.75, 3.05) is 13.7 Å². The molecular formula is C38H50N4O7. The van der Waals surface area contributed by atoms with Crippen molar-refractivity contribution in [3.63, 3.8) is 0 Å². The number of likely N-dealkylation sites (tertiary alicyclic amines) is 1. The summed E-state index contributed by atoms with van der Waals surface area (Å²) in [5.74, 6) is -1.18. The maximum atomic E-state index is 14.0. The fourth-order valence-corrected chi connectivity index (χ4v) is 7.11. The van der Waals surface area contributed by atoms with Crippen LogP contribution in [0.3, 0.4) is 0 Å². The van der Waals surface area contributed by atoms with Crippen LogP contribution in [0.25, 0.3) is 10.9 Å². The fourth-order valence-electron chi connectivity index (χ4n) is 7.11. The summed E-state index contributed by atoms with van der Waals surface area (Å²) in [5.41, 5.74) is 1.88. The molecule has 3 amide bonds. The normalized spacial score (nSPS) is 22.3. The smallest absolute Gasteiger partial charge is 0.410 e. The maximum Gasteiger partial charge on any atom is 0.410 e. The van der Waals surface area contributed by atoms with E-state index in [1.807, 2.05) is 60.8 Å². The second-order valence-corrected chi connectivity index (χ2v) is 14.5. The van der Waals surface area contributed by atoms with Crippen molar-refractivity contribution in [2.45, 2.75) is 109 Å². The zero-order valence-corrected chi connectivity index (χ0v) is 29.2. The van der Waals surface area contributed by atoms with Crippen molar-refractivity contribution in [2.24, 2.45) is 5.92 Å². The highest BCUT2D eigenvalue weighted by molar-refractivity contribution is 5.94. The van der Waals surface area contributed by atoms with E-state index in [1.165, 1.54) is 12.0 Å². The molecule has 3 aromatic rings. The lowest BCUT2D eigenvalue weighted by atomic mass is 9.85. The molecule has 1 saturated carbocycles. The summed E-state index contributed by atoms with van der Waals surface area (Å²) in [6.45, 7) is 7.83. The van der Waals surface area contributed by atoms with Crippen LogP contribution in [0, 0.1) is 5.92 Å². The van der Waals surface area contributed by atoms with Crippen LogP contribution in [0.1, 0.15) is 77.0 Å². The molecule has 6 atom stereocenters. The van der Waals surface area contributed by atoms with Gasteiger partial charge in [0, 0.05) is 36.5 Å². The largest absolute Gasteiger partial charge is 0.467 e. The van der Waals surface area contributed by atoms with Gasteiger partial charge in [-0.15, -0.1) is 0 Å². The number of carbonyl (C=O) groups excluding carboxylic acids is 4. The summed E-state index contributed by atoms with van der Waals surface area (Å²) in [4.78, 5) is 55.3. The Morgan fingerprint density at radius 2 is 1.65 bits per heavy atom. The minimum absolute atomic E-state index is 0.0951. The Morgan fingerprint density at radius 1 is 0.939 bits per heavy atom. The fraction of sp³-hybridized carbons (Fsp3) is 0.526. The molecule has 1 aliphatic heterocycles. The lowest BCUT2D eigenvalue weighted by Gasteiger charge is -2.33. The van der Waals surface area contributed by atoms with Crippen molar-refractivity contribution in [1.82, 2.24) is 20.1 Å². The highest BCUT2D eigenvalue weighted by Crippen LogP contribution is 2.36. The average Bonchev–Trinajstić information content (AvgIpc) is 3.69. The minimum Gasteiger partial charge on any atom is -0.467 e. The lowest BCUT2D eigenvalue weighted by Crippen LogP contribution is -2.56. The lowest BCUT2D eigenvalue weighted by molar-refractivity contribution is -0.145. The van der Waals surface area contributed by atoms with Crippen LogP contribution in [-0.2, 0) is 36.7 Å². The van der Waals surface area contributed by atoms with E-state index in [0.29, 0.717) is 25.3 Å². The first-order valence-corrected chi connectivity index (χ1v) is 17.3. The highest BCUT2D eigenvalue weighted by Gasteiger charge is 2.39. The number of aromatic nitrogens is 1. The van der Waals surface area contributed by atoms with Gasteiger partial charge in [0.05, 0.1) is 19.3 Å². The summed E-state index contributed by atoms with van der Waals surface area (Å²) < 4.78 is 12.8. The quantitative estimate of drug-likeness (QED) is 0.265.